The lowest BCUT2D eigenvalue weighted by Gasteiger charge is -2.18. The summed E-state index contributed by atoms with van der Waals surface area (Å²) in [5.74, 6) is -1.17. The third-order valence-corrected chi connectivity index (χ3v) is 3.45. The predicted molar refractivity (Wildman–Crippen MR) is 81.1 cm³/mol. The minimum Gasteiger partial charge on any atom is -0.370 e. The number of nitrogens with two attached hydrogens (primary N) is 1. The molecule has 0 heterocycles. The van der Waals surface area contributed by atoms with Crippen molar-refractivity contribution in [3.63, 3.8) is 0 Å². The van der Waals surface area contributed by atoms with Crippen LogP contribution in [0.15, 0.2) is 46.9 Å². The number of rotatable bonds is 4. The summed E-state index contributed by atoms with van der Waals surface area (Å²) in [7, 11) is 0. The molecule has 1 amide bonds. The van der Waals surface area contributed by atoms with Gasteiger partial charge >= 0.3 is 0 Å². The van der Waals surface area contributed by atoms with Gasteiger partial charge in [0, 0.05) is 20.7 Å². The first-order chi connectivity index (χ1) is 9.47. The van der Waals surface area contributed by atoms with E-state index < -0.39 is 17.8 Å². The van der Waals surface area contributed by atoms with Gasteiger partial charge in [-0.2, -0.15) is 0 Å². The van der Waals surface area contributed by atoms with Crippen LogP contribution in [-0.4, -0.2) is 5.91 Å². The molecule has 3 nitrogen and oxygen atoms in total. The van der Waals surface area contributed by atoms with Gasteiger partial charge in [0.25, 0.3) is 0 Å². The number of amides is 1. The van der Waals surface area contributed by atoms with Gasteiger partial charge in [0.05, 0.1) is 0 Å². The Morgan fingerprint density at radius 1 is 1.25 bits per heavy atom. The van der Waals surface area contributed by atoms with Crippen LogP contribution in [0.5, 0.6) is 0 Å². The van der Waals surface area contributed by atoms with Crippen LogP contribution in [0, 0.1) is 5.82 Å². The molecule has 3 N–H and O–H groups in total. The highest BCUT2D eigenvalue weighted by atomic mass is 79.9. The van der Waals surface area contributed by atoms with Gasteiger partial charge in [0.2, 0.25) is 5.91 Å². The number of anilines is 1. The first-order valence-corrected chi connectivity index (χ1v) is 6.91. The van der Waals surface area contributed by atoms with Gasteiger partial charge in [-0.25, -0.2) is 4.39 Å². The molecule has 0 saturated carbocycles. The van der Waals surface area contributed by atoms with Crippen molar-refractivity contribution in [3.05, 3.63) is 63.3 Å². The van der Waals surface area contributed by atoms with Crippen molar-refractivity contribution >= 4 is 39.1 Å². The van der Waals surface area contributed by atoms with Crippen LogP contribution in [0.1, 0.15) is 11.6 Å². The molecule has 1 unspecified atom stereocenters. The fourth-order valence-corrected chi connectivity index (χ4v) is 2.26. The molecular weight excluding hydrogens is 347 g/mol. The van der Waals surface area contributed by atoms with Crippen LogP contribution in [0.25, 0.3) is 0 Å². The molecule has 0 aliphatic heterocycles. The Labute approximate surface area is 129 Å². The molecule has 1 atom stereocenters. The zero-order chi connectivity index (χ0) is 14.7. The third kappa shape index (κ3) is 3.49. The maximum Gasteiger partial charge on any atom is 0.244 e. The minimum absolute atomic E-state index is 0.182. The number of hydrogen-bond acceptors (Lipinski definition) is 2. The summed E-state index contributed by atoms with van der Waals surface area (Å²) < 4.78 is 14.5. The molecule has 0 radical (unpaired) electrons. The molecule has 0 bridgehead atoms. The van der Waals surface area contributed by atoms with Crippen molar-refractivity contribution in [2.75, 3.05) is 5.32 Å². The highest BCUT2D eigenvalue weighted by Crippen LogP contribution is 2.25. The number of carbonyl (C=O) groups excluding carboxylic acids is 1. The Morgan fingerprint density at radius 2 is 1.90 bits per heavy atom. The third-order valence-electron chi connectivity index (χ3n) is 2.71. The van der Waals surface area contributed by atoms with Crippen LogP contribution in [0.4, 0.5) is 10.1 Å². The van der Waals surface area contributed by atoms with Gasteiger partial charge in [0.15, 0.2) is 0 Å². The maximum atomic E-state index is 13.9. The van der Waals surface area contributed by atoms with E-state index in [9.17, 15) is 9.18 Å². The molecule has 6 heteroatoms. The second kappa shape index (κ2) is 6.24. The molecule has 0 aliphatic rings. The molecule has 2 rings (SSSR count). The number of halogens is 3. The molecule has 0 aromatic heterocycles. The minimum atomic E-state index is -0.964. The molecule has 0 aliphatic carbocycles. The van der Waals surface area contributed by atoms with Crippen LogP contribution in [0.3, 0.4) is 0 Å². The summed E-state index contributed by atoms with van der Waals surface area (Å²) in [4.78, 5) is 11.6. The second-order valence-corrected chi connectivity index (χ2v) is 5.50. The summed E-state index contributed by atoms with van der Waals surface area (Å²) >= 11 is 9.03. The normalized spacial score (nSPS) is 11.9. The van der Waals surface area contributed by atoms with Crippen molar-refractivity contribution in [3.8, 4) is 0 Å². The van der Waals surface area contributed by atoms with E-state index in [2.05, 4.69) is 21.2 Å². The van der Waals surface area contributed by atoms with Gasteiger partial charge < -0.3 is 11.1 Å². The van der Waals surface area contributed by atoms with E-state index >= 15 is 0 Å². The molecule has 104 valence electrons. The smallest absolute Gasteiger partial charge is 0.244 e. The van der Waals surface area contributed by atoms with E-state index in [1.807, 2.05) is 0 Å². The van der Waals surface area contributed by atoms with Gasteiger partial charge in [-0.3, -0.25) is 4.79 Å². The van der Waals surface area contributed by atoms with E-state index in [0.717, 1.165) is 0 Å². The number of nitrogens with one attached hydrogen (secondary N) is 1. The number of benzene rings is 2. The van der Waals surface area contributed by atoms with Gasteiger partial charge in [0.1, 0.15) is 11.9 Å². The molecule has 0 spiro atoms. The average Bonchev–Trinajstić information content (AvgIpc) is 2.41. The summed E-state index contributed by atoms with van der Waals surface area (Å²) in [5.41, 5.74) is 6.16. The molecule has 0 saturated heterocycles. The van der Waals surface area contributed by atoms with Crippen molar-refractivity contribution in [1.29, 1.82) is 0 Å². The zero-order valence-corrected chi connectivity index (χ0v) is 12.6. The molecule has 2 aromatic rings. The van der Waals surface area contributed by atoms with Crippen LogP contribution in [-0.2, 0) is 4.79 Å². The quantitative estimate of drug-likeness (QED) is 0.872. The first-order valence-electron chi connectivity index (χ1n) is 5.74. The van der Waals surface area contributed by atoms with Gasteiger partial charge in [-0.15, -0.1) is 0 Å². The first kappa shape index (κ1) is 14.8. The fraction of sp³-hybridized carbons (Fsp3) is 0.0714. The highest BCUT2D eigenvalue weighted by molar-refractivity contribution is 9.10. The number of hydrogen-bond donors (Lipinski definition) is 2. The van der Waals surface area contributed by atoms with E-state index in [4.69, 9.17) is 17.3 Å². The second-order valence-electron chi connectivity index (χ2n) is 4.15. The molecule has 2 aromatic carbocycles. The van der Waals surface area contributed by atoms with E-state index in [0.29, 0.717) is 15.2 Å². The van der Waals surface area contributed by atoms with Crippen LogP contribution < -0.4 is 11.1 Å². The van der Waals surface area contributed by atoms with E-state index in [1.165, 1.54) is 12.1 Å². The summed E-state index contributed by atoms with van der Waals surface area (Å²) in [6.45, 7) is 0. The molecule has 20 heavy (non-hydrogen) atoms. The van der Waals surface area contributed by atoms with Crippen LogP contribution in [0.2, 0.25) is 5.02 Å². The largest absolute Gasteiger partial charge is 0.370 e. The lowest BCUT2D eigenvalue weighted by molar-refractivity contribution is -0.118. The van der Waals surface area contributed by atoms with E-state index in [1.54, 1.807) is 30.3 Å². The Hall–Kier alpha value is -1.59. The Bertz CT molecular complexity index is 634. The van der Waals surface area contributed by atoms with Gasteiger partial charge in [-0.05, 0) is 42.5 Å². The Balaban J connectivity index is 2.34. The predicted octanol–water partition coefficient (Wildman–Crippen LogP) is 3.88. The van der Waals surface area contributed by atoms with E-state index in [-0.39, 0.29) is 5.56 Å². The monoisotopic (exact) mass is 356 g/mol. The van der Waals surface area contributed by atoms with Crippen molar-refractivity contribution in [1.82, 2.24) is 0 Å². The maximum absolute atomic E-state index is 13.9. The van der Waals surface area contributed by atoms with Crippen molar-refractivity contribution in [2.24, 2.45) is 5.73 Å². The highest BCUT2D eigenvalue weighted by Gasteiger charge is 2.21. The lowest BCUT2D eigenvalue weighted by atomic mass is 10.1. The standard InChI is InChI=1S/C14H11BrClFN2O/c15-8-1-6-12(17)11(7-8)13(14(18)20)19-10-4-2-9(16)3-5-10/h1-7,13,19H,(H2,18,20). The summed E-state index contributed by atoms with van der Waals surface area (Å²) in [5, 5.41) is 3.47. The number of carbonyl (C=O) groups is 1. The topological polar surface area (TPSA) is 55.1 Å². The average molecular weight is 358 g/mol. The Kier molecular flexibility index (Phi) is 4.62. The summed E-state index contributed by atoms with van der Waals surface area (Å²) in [6, 6.07) is 10.1. The molecular formula is C14H11BrClFN2O. The SMILES string of the molecule is NC(=O)C(Nc1ccc(Cl)cc1)c1cc(Br)ccc1F. The van der Waals surface area contributed by atoms with Crippen LogP contribution >= 0.6 is 27.5 Å². The number of primary amides is 1. The lowest BCUT2D eigenvalue weighted by Crippen LogP contribution is -2.28. The fourth-order valence-electron chi connectivity index (χ4n) is 1.75. The molecule has 0 fully saturated rings. The zero-order valence-electron chi connectivity index (χ0n) is 10.2. The Morgan fingerprint density at radius 3 is 2.50 bits per heavy atom. The van der Waals surface area contributed by atoms with Crippen molar-refractivity contribution < 1.29 is 9.18 Å². The van der Waals surface area contributed by atoms with Crippen molar-refractivity contribution in [2.45, 2.75) is 6.04 Å². The summed E-state index contributed by atoms with van der Waals surface area (Å²) in [6.07, 6.45) is 0. The van der Waals surface area contributed by atoms with Gasteiger partial charge in [-0.1, -0.05) is 27.5 Å².